The molecule has 0 amide bonds. The van der Waals surface area contributed by atoms with Gasteiger partial charge in [0.05, 0.1) is 4.47 Å². The molecule has 0 saturated carbocycles. The highest BCUT2D eigenvalue weighted by Crippen LogP contribution is 2.30. The topological polar surface area (TPSA) is 48.1 Å². The molecule has 3 nitrogen and oxygen atoms in total. The number of nitrogens with two attached hydrogens (primary N) is 1. The summed E-state index contributed by atoms with van der Waals surface area (Å²) in [7, 11) is 0. The summed E-state index contributed by atoms with van der Waals surface area (Å²) < 4.78 is 6.66. The fraction of sp³-hybridized carbons (Fsp3) is 0.154. The predicted molar refractivity (Wildman–Crippen MR) is 71.1 cm³/mol. The SMILES string of the molecule is Cc1ccc(Oc2ncccc2CN)c(Br)c1. The minimum absolute atomic E-state index is 0.409. The fourth-order valence-electron chi connectivity index (χ4n) is 1.46. The van der Waals surface area contributed by atoms with Crippen molar-refractivity contribution in [1.82, 2.24) is 4.98 Å². The molecule has 1 heterocycles. The molecular weight excluding hydrogens is 280 g/mol. The van der Waals surface area contributed by atoms with E-state index in [0.717, 1.165) is 15.8 Å². The average Bonchev–Trinajstić information content (AvgIpc) is 2.33. The number of aromatic nitrogens is 1. The molecule has 0 aliphatic heterocycles. The minimum Gasteiger partial charge on any atom is -0.438 e. The standard InChI is InChI=1S/C13H13BrN2O/c1-9-4-5-12(11(14)7-9)17-13-10(8-15)3-2-6-16-13/h2-7H,8,15H2,1H3. The van der Waals surface area contributed by atoms with Gasteiger partial charge in [0.2, 0.25) is 5.88 Å². The monoisotopic (exact) mass is 292 g/mol. The number of hydrogen-bond donors (Lipinski definition) is 1. The van der Waals surface area contributed by atoms with Crippen LogP contribution in [0.4, 0.5) is 0 Å². The normalized spacial score (nSPS) is 10.3. The molecule has 0 saturated heterocycles. The van der Waals surface area contributed by atoms with Crippen molar-refractivity contribution in [2.75, 3.05) is 0 Å². The van der Waals surface area contributed by atoms with Crippen LogP contribution in [0.2, 0.25) is 0 Å². The van der Waals surface area contributed by atoms with Gasteiger partial charge in [-0.1, -0.05) is 12.1 Å². The van der Waals surface area contributed by atoms with Crippen molar-refractivity contribution in [2.45, 2.75) is 13.5 Å². The van der Waals surface area contributed by atoms with Crippen LogP contribution < -0.4 is 10.5 Å². The molecule has 0 spiro atoms. The van der Waals surface area contributed by atoms with E-state index in [1.165, 1.54) is 5.56 Å². The highest BCUT2D eigenvalue weighted by Gasteiger charge is 2.07. The number of hydrogen-bond acceptors (Lipinski definition) is 3. The Morgan fingerprint density at radius 1 is 1.35 bits per heavy atom. The Labute approximate surface area is 109 Å². The maximum Gasteiger partial charge on any atom is 0.223 e. The molecule has 0 bridgehead atoms. The molecule has 1 aromatic heterocycles. The molecule has 0 atom stereocenters. The zero-order valence-corrected chi connectivity index (χ0v) is 11.1. The molecule has 2 rings (SSSR count). The maximum atomic E-state index is 5.75. The van der Waals surface area contributed by atoms with Crippen molar-refractivity contribution in [1.29, 1.82) is 0 Å². The number of benzene rings is 1. The number of ether oxygens (including phenoxy) is 1. The summed E-state index contributed by atoms with van der Waals surface area (Å²) in [5, 5.41) is 0. The van der Waals surface area contributed by atoms with E-state index in [4.69, 9.17) is 10.5 Å². The number of nitrogens with zero attached hydrogens (tertiary/aromatic N) is 1. The Morgan fingerprint density at radius 2 is 2.18 bits per heavy atom. The van der Waals surface area contributed by atoms with E-state index < -0.39 is 0 Å². The van der Waals surface area contributed by atoms with Crippen LogP contribution in [-0.4, -0.2) is 4.98 Å². The summed E-state index contributed by atoms with van der Waals surface area (Å²) in [6, 6.07) is 9.66. The summed E-state index contributed by atoms with van der Waals surface area (Å²) in [6.45, 7) is 2.44. The van der Waals surface area contributed by atoms with E-state index >= 15 is 0 Å². The zero-order valence-electron chi connectivity index (χ0n) is 9.48. The van der Waals surface area contributed by atoms with Gasteiger partial charge >= 0.3 is 0 Å². The molecule has 0 unspecified atom stereocenters. The Hall–Kier alpha value is -1.39. The lowest BCUT2D eigenvalue weighted by Gasteiger charge is -2.10. The summed E-state index contributed by atoms with van der Waals surface area (Å²) in [6.07, 6.45) is 1.69. The number of halogens is 1. The van der Waals surface area contributed by atoms with Crippen LogP contribution in [0.5, 0.6) is 11.6 Å². The lowest BCUT2D eigenvalue weighted by Crippen LogP contribution is -2.01. The fourth-order valence-corrected chi connectivity index (χ4v) is 2.04. The first-order valence-electron chi connectivity index (χ1n) is 5.28. The van der Waals surface area contributed by atoms with Gasteiger partial charge in [-0.2, -0.15) is 0 Å². The third-order valence-electron chi connectivity index (χ3n) is 2.36. The summed E-state index contributed by atoms with van der Waals surface area (Å²) in [4.78, 5) is 4.19. The Balaban J connectivity index is 2.31. The van der Waals surface area contributed by atoms with Gasteiger partial charge in [0.1, 0.15) is 5.75 Å². The quantitative estimate of drug-likeness (QED) is 0.943. The van der Waals surface area contributed by atoms with Crippen molar-refractivity contribution >= 4 is 15.9 Å². The second kappa shape index (κ2) is 5.29. The summed E-state index contributed by atoms with van der Waals surface area (Å²) >= 11 is 3.47. The second-order valence-corrected chi connectivity index (χ2v) is 4.56. The van der Waals surface area contributed by atoms with E-state index in [0.29, 0.717) is 12.4 Å². The van der Waals surface area contributed by atoms with Crippen molar-refractivity contribution in [3.05, 3.63) is 52.1 Å². The van der Waals surface area contributed by atoms with Crippen LogP contribution in [-0.2, 0) is 6.54 Å². The predicted octanol–water partition coefficient (Wildman–Crippen LogP) is 3.40. The van der Waals surface area contributed by atoms with Crippen LogP contribution in [0.1, 0.15) is 11.1 Å². The first-order chi connectivity index (χ1) is 8.20. The molecule has 1 aromatic carbocycles. The highest BCUT2D eigenvalue weighted by atomic mass is 79.9. The molecule has 0 aliphatic rings. The molecule has 0 aliphatic carbocycles. The van der Waals surface area contributed by atoms with Gasteiger partial charge in [0.15, 0.2) is 0 Å². The van der Waals surface area contributed by atoms with Gasteiger partial charge in [0.25, 0.3) is 0 Å². The van der Waals surface area contributed by atoms with Crippen LogP contribution in [0.3, 0.4) is 0 Å². The van der Waals surface area contributed by atoms with Crippen LogP contribution in [0, 0.1) is 6.92 Å². The molecule has 17 heavy (non-hydrogen) atoms. The van der Waals surface area contributed by atoms with E-state index in [1.54, 1.807) is 6.20 Å². The van der Waals surface area contributed by atoms with E-state index in [9.17, 15) is 0 Å². The van der Waals surface area contributed by atoms with Crippen LogP contribution in [0.15, 0.2) is 41.0 Å². The van der Waals surface area contributed by atoms with Crippen LogP contribution in [0.25, 0.3) is 0 Å². The van der Waals surface area contributed by atoms with Gasteiger partial charge < -0.3 is 10.5 Å². The molecule has 0 radical (unpaired) electrons. The lowest BCUT2D eigenvalue weighted by molar-refractivity contribution is 0.453. The average molecular weight is 293 g/mol. The van der Waals surface area contributed by atoms with Gasteiger partial charge in [-0.25, -0.2) is 4.98 Å². The van der Waals surface area contributed by atoms with Crippen LogP contribution >= 0.6 is 15.9 Å². The zero-order chi connectivity index (χ0) is 12.3. The van der Waals surface area contributed by atoms with Gasteiger partial charge in [0, 0.05) is 18.3 Å². The summed E-state index contributed by atoms with van der Waals surface area (Å²) in [5.74, 6) is 1.29. The molecule has 0 fully saturated rings. The highest BCUT2D eigenvalue weighted by molar-refractivity contribution is 9.10. The van der Waals surface area contributed by atoms with Gasteiger partial charge in [-0.3, -0.25) is 0 Å². The number of rotatable bonds is 3. The third-order valence-corrected chi connectivity index (χ3v) is 2.98. The Bertz CT molecular complexity index is 529. The van der Waals surface area contributed by atoms with Crippen molar-refractivity contribution < 1.29 is 4.74 Å². The van der Waals surface area contributed by atoms with Gasteiger partial charge in [-0.15, -0.1) is 0 Å². The third kappa shape index (κ3) is 2.84. The smallest absolute Gasteiger partial charge is 0.223 e. The van der Waals surface area contributed by atoms with Gasteiger partial charge in [-0.05, 0) is 46.6 Å². The largest absolute Gasteiger partial charge is 0.438 e. The second-order valence-electron chi connectivity index (χ2n) is 3.71. The Kier molecular flexibility index (Phi) is 3.76. The molecule has 2 N–H and O–H groups in total. The first-order valence-corrected chi connectivity index (χ1v) is 6.08. The molecule has 2 aromatic rings. The first kappa shape index (κ1) is 12.1. The molecule has 4 heteroatoms. The van der Waals surface area contributed by atoms with E-state index in [2.05, 4.69) is 20.9 Å². The summed E-state index contributed by atoms with van der Waals surface area (Å²) in [5.41, 5.74) is 7.69. The molecular formula is C13H13BrN2O. The lowest BCUT2D eigenvalue weighted by atomic mass is 10.2. The van der Waals surface area contributed by atoms with Crippen molar-refractivity contribution in [3.63, 3.8) is 0 Å². The van der Waals surface area contributed by atoms with Crippen molar-refractivity contribution in [3.8, 4) is 11.6 Å². The van der Waals surface area contributed by atoms with Crippen molar-refractivity contribution in [2.24, 2.45) is 5.73 Å². The maximum absolute atomic E-state index is 5.75. The van der Waals surface area contributed by atoms with E-state index in [-0.39, 0.29) is 0 Å². The number of pyridine rings is 1. The minimum atomic E-state index is 0.409. The Morgan fingerprint density at radius 3 is 2.88 bits per heavy atom. The molecule has 88 valence electrons. The number of aryl methyl sites for hydroxylation is 1. The van der Waals surface area contributed by atoms with E-state index in [1.807, 2.05) is 37.3 Å².